The average molecular weight is 418 g/mol. The number of nitrogens with one attached hydrogen (secondary N) is 1. The van der Waals surface area contributed by atoms with Gasteiger partial charge in [-0.2, -0.15) is 0 Å². The molecule has 1 atom stereocenters. The molecule has 0 aliphatic rings. The number of unbranched alkanes of at least 4 members (excludes halogenated alkanes) is 7. The van der Waals surface area contributed by atoms with Crippen molar-refractivity contribution in [1.82, 2.24) is 5.32 Å². The van der Waals surface area contributed by atoms with E-state index < -0.39 is 5.54 Å². The third-order valence-corrected chi connectivity index (χ3v) is 6.58. The van der Waals surface area contributed by atoms with Crippen LogP contribution in [-0.4, -0.2) is 42.3 Å². The quantitative estimate of drug-likeness (QED) is 0.193. The molecule has 1 unspecified atom stereocenters. The van der Waals surface area contributed by atoms with Gasteiger partial charge in [0, 0.05) is 19.1 Å². The van der Waals surface area contributed by atoms with Crippen molar-refractivity contribution < 1.29 is 19.1 Å². The highest BCUT2D eigenvalue weighted by Gasteiger charge is 2.27. The van der Waals surface area contributed by atoms with E-state index in [0.717, 1.165) is 18.6 Å². The molecule has 1 N–H and O–H groups in total. The third kappa shape index (κ3) is 14.3. The van der Waals surface area contributed by atoms with Gasteiger partial charge in [0.2, 0.25) is 5.91 Å². The van der Waals surface area contributed by atoms with Crippen LogP contribution >= 0.6 is 11.8 Å². The second kappa shape index (κ2) is 15.1. The van der Waals surface area contributed by atoms with Crippen LogP contribution in [0.2, 0.25) is 0 Å². The molecule has 0 aliphatic heterocycles. The van der Waals surface area contributed by atoms with Crippen LogP contribution < -0.4 is 5.32 Å². The molecule has 0 saturated heterocycles. The summed E-state index contributed by atoms with van der Waals surface area (Å²) in [6, 6.07) is 0. The number of hydrogen-bond donors (Lipinski definition) is 1. The zero-order chi connectivity index (χ0) is 21.5. The summed E-state index contributed by atoms with van der Waals surface area (Å²) in [7, 11) is 3.14. The maximum absolute atomic E-state index is 12.1. The highest BCUT2D eigenvalue weighted by molar-refractivity contribution is 8.00. The lowest BCUT2D eigenvalue weighted by molar-refractivity contribution is -0.142. The molecule has 0 aromatic heterocycles. The Kier molecular flexibility index (Phi) is 14.7. The first-order chi connectivity index (χ1) is 13.2. The minimum absolute atomic E-state index is 0.0322. The lowest BCUT2D eigenvalue weighted by Crippen LogP contribution is -2.47. The van der Waals surface area contributed by atoms with Gasteiger partial charge in [-0.3, -0.25) is 9.59 Å². The number of esters is 1. The van der Waals surface area contributed by atoms with Crippen LogP contribution in [0.5, 0.6) is 0 Å². The van der Waals surface area contributed by atoms with Gasteiger partial charge in [0.25, 0.3) is 0 Å². The van der Waals surface area contributed by atoms with Crippen LogP contribution in [0.15, 0.2) is 0 Å². The highest BCUT2D eigenvalue weighted by atomic mass is 32.2. The van der Waals surface area contributed by atoms with Gasteiger partial charge < -0.3 is 14.8 Å². The lowest BCUT2D eigenvalue weighted by Gasteiger charge is -2.28. The minimum atomic E-state index is -0.513. The van der Waals surface area contributed by atoms with Crippen LogP contribution in [0.25, 0.3) is 0 Å². The third-order valence-electron chi connectivity index (χ3n) is 5.22. The molecule has 0 aromatic carbocycles. The van der Waals surface area contributed by atoms with E-state index in [1.165, 1.54) is 45.6 Å². The van der Waals surface area contributed by atoms with Gasteiger partial charge in [-0.1, -0.05) is 45.4 Å². The van der Waals surface area contributed by atoms with Gasteiger partial charge in [-0.15, -0.1) is 11.8 Å². The second-order valence-corrected chi connectivity index (χ2v) is 9.93. The number of rotatable bonds is 17. The van der Waals surface area contributed by atoms with Crippen molar-refractivity contribution in [2.75, 3.05) is 20.0 Å². The van der Waals surface area contributed by atoms with Gasteiger partial charge in [0.15, 0.2) is 0 Å². The number of hydrogen-bond acceptors (Lipinski definition) is 5. The second-order valence-electron chi connectivity index (χ2n) is 8.25. The number of ether oxygens (including phenoxy) is 2. The predicted molar refractivity (Wildman–Crippen MR) is 119 cm³/mol. The normalized spacial score (nSPS) is 13.8. The number of methoxy groups -OCH3 is 2. The smallest absolute Gasteiger partial charge is 0.307 e. The van der Waals surface area contributed by atoms with Gasteiger partial charge >= 0.3 is 5.97 Å². The molecule has 0 rings (SSSR count). The summed E-state index contributed by atoms with van der Waals surface area (Å²) < 4.78 is 10.1. The largest absolute Gasteiger partial charge is 0.469 e. The van der Waals surface area contributed by atoms with E-state index >= 15 is 0 Å². The van der Waals surface area contributed by atoms with E-state index in [1.807, 2.05) is 25.6 Å². The Morgan fingerprint density at radius 3 is 1.93 bits per heavy atom. The van der Waals surface area contributed by atoms with E-state index in [2.05, 4.69) is 19.2 Å². The van der Waals surface area contributed by atoms with E-state index in [4.69, 9.17) is 9.47 Å². The highest BCUT2D eigenvalue weighted by Crippen LogP contribution is 2.26. The van der Waals surface area contributed by atoms with Crippen LogP contribution in [0.4, 0.5) is 0 Å². The summed E-state index contributed by atoms with van der Waals surface area (Å²) >= 11 is 1.88. The lowest BCUT2D eigenvalue weighted by atomic mass is 9.94. The first-order valence-electron chi connectivity index (χ1n) is 10.7. The van der Waals surface area contributed by atoms with Crippen molar-refractivity contribution in [3.8, 4) is 0 Å². The number of thioether (sulfide) groups is 1. The fraction of sp³-hybridized carbons (Fsp3) is 0.909. The molecule has 0 aliphatic carbocycles. The summed E-state index contributed by atoms with van der Waals surface area (Å²) in [5.41, 5.74) is -0.513. The van der Waals surface area contributed by atoms with Crippen LogP contribution in [0.1, 0.15) is 98.3 Å². The van der Waals surface area contributed by atoms with Crippen molar-refractivity contribution in [3.05, 3.63) is 0 Å². The van der Waals surface area contributed by atoms with Crippen LogP contribution in [-0.2, 0) is 19.1 Å². The molecule has 6 heteroatoms. The predicted octanol–water partition coefficient (Wildman–Crippen LogP) is 5.46. The van der Waals surface area contributed by atoms with Gasteiger partial charge in [0.05, 0.1) is 13.5 Å². The van der Waals surface area contributed by atoms with Gasteiger partial charge in [0.1, 0.15) is 4.93 Å². The van der Waals surface area contributed by atoms with Crippen LogP contribution in [0.3, 0.4) is 0 Å². The molecule has 0 radical (unpaired) electrons. The molecule has 1 amide bonds. The Morgan fingerprint density at radius 1 is 0.893 bits per heavy atom. The zero-order valence-corrected chi connectivity index (χ0v) is 19.8. The Labute approximate surface area is 177 Å². The molecule has 0 fully saturated rings. The summed E-state index contributed by atoms with van der Waals surface area (Å²) in [5.74, 6) is 0.901. The van der Waals surface area contributed by atoms with Crippen molar-refractivity contribution in [3.63, 3.8) is 0 Å². The average Bonchev–Trinajstić information content (AvgIpc) is 2.65. The molecule has 166 valence electrons. The van der Waals surface area contributed by atoms with E-state index in [0.29, 0.717) is 12.8 Å². The minimum Gasteiger partial charge on any atom is -0.469 e. The van der Waals surface area contributed by atoms with Gasteiger partial charge in [-0.05, 0) is 45.8 Å². The first kappa shape index (κ1) is 27.2. The Bertz CT molecular complexity index is 442. The molecule has 28 heavy (non-hydrogen) atoms. The van der Waals surface area contributed by atoms with Crippen molar-refractivity contribution >= 4 is 23.6 Å². The Morgan fingerprint density at radius 2 is 1.43 bits per heavy atom. The fourth-order valence-corrected chi connectivity index (χ4v) is 3.83. The van der Waals surface area contributed by atoms with E-state index in [1.54, 1.807) is 7.11 Å². The number of carbonyl (C=O) groups excluding carboxylic acids is 2. The van der Waals surface area contributed by atoms with Crippen LogP contribution in [0, 0.1) is 0 Å². The number of carbonyl (C=O) groups is 2. The van der Waals surface area contributed by atoms with Gasteiger partial charge in [-0.25, -0.2) is 0 Å². The standard InChI is InChI=1S/C22H43NO4S/c1-7-22(4,18-20(25)26-5)23-19(24)16-14-12-10-8-9-11-13-15-17-28-21(2,3)27-6/h7-18H2,1-6H3,(H,23,24). The Hall–Kier alpha value is -0.750. The maximum Gasteiger partial charge on any atom is 0.307 e. The van der Waals surface area contributed by atoms with Crippen molar-refractivity contribution in [2.24, 2.45) is 0 Å². The fourth-order valence-electron chi connectivity index (χ4n) is 2.87. The molecule has 0 spiro atoms. The molecule has 5 nitrogen and oxygen atoms in total. The topological polar surface area (TPSA) is 64.6 Å². The molecule has 0 heterocycles. The summed E-state index contributed by atoms with van der Waals surface area (Å²) in [6.07, 6.45) is 11.0. The molecular formula is C22H43NO4S. The number of amides is 1. The molecule has 0 bridgehead atoms. The molecular weight excluding hydrogens is 374 g/mol. The van der Waals surface area contributed by atoms with Crippen molar-refractivity contribution in [1.29, 1.82) is 0 Å². The summed E-state index contributed by atoms with van der Waals surface area (Å²) in [6.45, 7) is 8.09. The Balaban J connectivity index is 3.65. The first-order valence-corrected chi connectivity index (χ1v) is 11.7. The maximum atomic E-state index is 12.1. The zero-order valence-electron chi connectivity index (χ0n) is 19.0. The SMILES string of the molecule is CCC(C)(CC(=O)OC)NC(=O)CCCCCCCCCCSC(C)(C)OC. The van der Waals surface area contributed by atoms with Crippen molar-refractivity contribution in [2.45, 2.75) is 109 Å². The van der Waals surface area contributed by atoms with E-state index in [-0.39, 0.29) is 23.2 Å². The monoisotopic (exact) mass is 417 g/mol. The molecule has 0 aromatic rings. The summed E-state index contributed by atoms with van der Waals surface area (Å²) in [5, 5.41) is 3.00. The van der Waals surface area contributed by atoms with E-state index in [9.17, 15) is 9.59 Å². The summed E-state index contributed by atoms with van der Waals surface area (Å²) in [4.78, 5) is 23.6. The molecule has 0 saturated carbocycles.